The lowest BCUT2D eigenvalue weighted by molar-refractivity contribution is -0.145. The number of carbonyl (C=O) groups excluding carboxylic acids is 2. The van der Waals surface area contributed by atoms with Crippen LogP contribution in [0.3, 0.4) is 0 Å². The van der Waals surface area contributed by atoms with Gasteiger partial charge < -0.3 is 20.9 Å². The first-order chi connectivity index (χ1) is 14.6. The molecule has 6 nitrogen and oxygen atoms in total. The number of hydrogen-bond acceptors (Lipinski definition) is 8. The molecule has 0 aliphatic heterocycles. The number of ether oxygens (including phenoxy) is 2. The lowest BCUT2D eigenvalue weighted by Crippen LogP contribution is -2.34. The smallest absolute Gasteiger partial charge is 0.323 e. The summed E-state index contributed by atoms with van der Waals surface area (Å²) in [5, 5.41) is 0. The van der Waals surface area contributed by atoms with E-state index in [1.807, 2.05) is 60.7 Å². The van der Waals surface area contributed by atoms with E-state index in [4.69, 9.17) is 20.9 Å². The van der Waals surface area contributed by atoms with Crippen LogP contribution in [0.25, 0.3) is 0 Å². The second-order valence-corrected chi connectivity index (χ2v) is 9.27. The minimum Gasteiger partial charge on any atom is -0.464 e. The Morgan fingerprint density at radius 3 is 1.43 bits per heavy atom. The van der Waals surface area contributed by atoms with Crippen LogP contribution in [0.4, 0.5) is 0 Å². The van der Waals surface area contributed by atoms with Crippen molar-refractivity contribution in [1.82, 2.24) is 0 Å². The van der Waals surface area contributed by atoms with Gasteiger partial charge in [0.2, 0.25) is 0 Å². The van der Waals surface area contributed by atoms with E-state index in [1.54, 1.807) is 21.6 Å². The van der Waals surface area contributed by atoms with Crippen molar-refractivity contribution in [2.24, 2.45) is 11.5 Å². The van der Waals surface area contributed by atoms with Gasteiger partial charge in [-0.05, 0) is 24.0 Å². The first-order valence-electron chi connectivity index (χ1n) is 9.73. The molecule has 162 valence electrons. The summed E-state index contributed by atoms with van der Waals surface area (Å²) in [6.45, 7) is 0.585. The van der Waals surface area contributed by atoms with Crippen molar-refractivity contribution in [1.29, 1.82) is 0 Å². The average Bonchev–Trinajstić information content (AvgIpc) is 2.76. The van der Waals surface area contributed by atoms with Gasteiger partial charge in [-0.1, -0.05) is 82.3 Å². The van der Waals surface area contributed by atoms with E-state index >= 15 is 0 Å². The van der Waals surface area contributed by atoms with Crippen LogP contribution >= 0.6 is 21.6 Å². The molecule has 0 aromatic heterocycles. The Morgan fingerprint density at radius 2 is 1.07 bits per heavy atom. The van der Waals surface area contributed by atoms with Crippen molar-refractivity contribution in [3.05, 3.63) is 71.8 Å². The summed E-state index contributed by atoms with van der Waals surface area (Å²) in [5.74, 6) is 0.475. The molecule has 30 heavy (non-hydrogen) atoms. The summed E-state index contributed by atoms with van der Waals surface area (Å²) < 4.78 is 10.4. The van der Waals surface area contributed by atoms with Gasteiger partial charge in [0.25, 0.3) is 0 Å². The monoisotopic (exact) mass is 448 g/mol. The third-order valence-electron chi connectivity index (χ3n) is 4.11. The Morgan fingerprint density at radius 1 is 0.700 bits per heavy atom. The predicted molar refractivity (Wildman–Crippen MR) is 123 cm³/mol. The zero-order valence-corrected chi connectivity index (χ0v) is 18.4. The standard InChI is InChI=1S/C22H28N2O4S2/c23-19(15-17-7-3-1-4-8-17)21(25)27-11-13-29-30-14-12-28-22(26)20(24)16-18-9-5-2-6-10-18/h1-10,19-20H,11-16,23-24H2. The minimum atomic E-state index is -0.662. The van der Waals surface area contributed by atoms with Gasteiger partial charge in [0.15, 0.2) is 0 Å². The number of nitrogens with two attached hydrogens (primary N) is 2. The molecule has 0 heterocycles. The zero-order valence-electron chi connectivity index (χ0n) is 16.8. The second kappa shape index (κ2) is 14.1. The van der Waals surface area contributed by atoms with Crippen molar-refractivity contribution < 1.29 is 19.1 Å². The van der Waals surface area contributed by atoms with E-state index in [1.165, 1.54) is 0 Å². The average molecular weight is 449 g/mol. The molecule has 2 atom stereocenters. The van der Waals surface area contributed by atoms with Crippen LogP contribution in [0.1, 0.15) is 11.1 Å². The summed E-state index contributed by atoms with van der Waals surface area (Å²) in [4.78, 5) is 23.8. The van der Waals surface area contributed by atoms with Gasteiger partial charge in [-0.15, -0.1) is 0 Å². The highest BCUT2D eigenvalue weighted by atomic mass is 33.1. The maximum absolute atomic E-state index is 11.9. The van der Waals surface area contributed by atoms with Crippen LogP contribution in [-0.4, -0.2) is 48.7 Å². The molecular weight excluding hydrogens is 420 g/mol. The Bertz CT molecular complexity index is 697. The molecule has 0 aliphatic rings. The molecule has 0 saturated carbocycles. The largest absolute Gasteiger partial charge is 0.464 e. The molecule has 2 aromatic carbocycles. The molecule has 0 amide bonds. The predicted octanol–water partition coefficient (Wildman–Crippen LogP) is 2.59. The first kappa shape index (κ1) is 24.3. The topological polar surface area (TPSA) is 105 Å². The van der Waals surface area contributed by atoms with Crippen LogP contribution in [0.2, 0.25) is 0 Å². The summed E-state index contributed by atoms with van der Waals surface area (Å²) in [5.41, 5.74) is 13.8. The maximum atomic E-state index is 11.9. The van der Waals surface area contributed by atoms with Gasteiger partial charge in [0, 0.05) is 11.5 Å². The van der Waals surface area contributed by atoms with Crippen LogP contribution in [-0.2, 0) is 31.9 Å². The van der Waals surface area contributed by atoms with Crippen molar-refractivity contribution >= 4 is 33.5 Å². The third-order valence-corrected chi connectivity index (χ3v) is 6.44. The fourth-order valence-corrected chi connectivity index (χ4v) is 4.24. The third kappa shape index (κ3) is 9.67. The van der Waals surface area contributed by atoms with Crippen LogP contribution in [0, 0.1) is 0 Å². The first-order valence-corrected chi connectivity index (χ1v) is 12.2. The molecule has 0 spiro atoms. The van der Waals surface area contributed by atoms with Gasteiger partial charge in [-0.25, -0.2) is 0 Å². The highest BCUT2D eigenvalue weighted by molar-refractivity contribution is 8.76. The second-order valence-electron chi connectivity index (χ2n) is 6.57. The fraction of sp³-hybridized carbons (Fsp3) is 0.364. The molecule has 0 bridgehead atoms. The number of rotatable bonds is 13. The Balaban J connectivity index is 1.47. The van der Waals surface area contributed by atoms with E-state index in [0.717, 1.165) is 11.1 Å². The number of hydrogen-bond donors (Lipinski definition) is 2. The van der Waals surface area contributed by atoms with Gasteiger partial charge >= 0.3 is 11.9 Å². The van der Waals surface area contributed by atoms with Crippen molar-refractivity contribution in [2.45, 2.75) is 24.9 Å². The highest BCUT2D eigenvalue weighted by Crippen LogP contribution is 2.20. The molecular formula is C22H28N2O4S2. The Kier molecular flexibility index (Phi) is 11.4. The lowest BCUT2D eigenvalue weighted by atomic mass is 10.1. The van der Waals surface area contributed by atoms with E-state index in [9.17, 15) is 9.59 Å². The van der Waals surface area contributed by atoms with Crippen LogP contribution in [0.15, 0.2) is 60.7 Å². The van der Waals surface area contributed by atoms with E-state index in [-0.39, 0.29) is 0 Å². The molecule has 0 fully saturated rings. The van der Waals surface area contributed by atoms with E-state index in [0.29, 0.717) is 37.6 Å². The van der Waals surface area contributed by atoms with Crippen molar-refractivity contribution in [3.8, 4) is 0 Å². The molecule has 0 saturated heterocycles. The highest BCUT2D eigenvalue weighted by Gasteiger charge is 2.16. The van der Waals surface area contributed by atoms with E-state index in [2.05, 4.69) is 0 Å². The van der Waals surface area contributed by atoms with Gasteiger partial charge in [-0.2, -0.15) is 0 Å². The normalized spacial score (nSPS) is 12.7. The number of carbonyl (C=O) groups is 2. The summed E-state index contributed by atoms with van der Waals surface area (Å²) >= 11 is 0. The fourth-order valence-electron chi connectivity index (χ4n) is 2.59. The Labute approximate surface area is 185 Å². The molecule has 0 radical (unpaired) electrons. The summed E-state index contributed by atoms with van der Waals surface area (Å²) in [6.07, 6.45) is 0.915. The lowest BCUT2D eigenvalue weighted by Gasteiger charge is -2.12. The molecule has 2 rings (SSSR count). The zero-order chi connectivity index (χ0) is 21.6. The van der Waals surface area contributed by atoms with Crippen molar-refractivity contribution in [2.75, 3.05) is 24.7 Å². The van der Waals surface area contributed by atoms with Gasteiger partial charge in [0.05, 0.1) is 0 Å². The molecule has 4 N–H and O–H groups in total. The van der Waals surface area contributed by atoms with Crippen molar-refractivity contribution in [3.63, 3.8) is 0 Å². The number of esters is 2. The van der Waals surface area contributed by atoms with E-state index < -0.39 is 24.0 Å². The molecule has 2 unspecified atom stereocenters. The minimum absolute atomic E-state index is 0.292. The van der Waals surface area contributed by atoms with Gasteiger partial charge in [-0.3, -0.25) is 9.59 Å². The van der Waals surface area contributed by atoms with Crippen LogP contribution in [0.5, 0.6) is 0 Å². The maximum Gasteiger partial charge on any atom is 0.323 e. The summed E-state index contributed by atoms with van der Waals surface area (Å²) in [7, 11) is 3.10. The van der Waals surface area contributed by atoms with Gasteiger partial charge in [0.1, 0.15) is 25.3 Å². The molecule has 8 heteroatoms. The quantitative estimate of drug-likeness (QED) is 0.274. The molecule has 2 aromatic rings. The Hall–Kier alpha value is -2.00. The summed E-state index contributed by atoms with van der Waals surface area (Å²) in [6, 6.07) is 17.9. The SMILES string of the molecule is NC(Cc1ccccc1)C(=O)OCCSSCCOC(=O)C(N)Cc1ccccc1. The number of benzene rings is 2. The molecule has 0 aliphatic carbocycles. The van der Waals surface area contributed by atoms with Crippen LogP contribution < -0.4 is 11.5 Å².